The first-order valence-electron chi connectivity index (χ1n) is 6.42. The smallest absolute Gasteiger partial charge is 0.219 e. The minimum atomic E-state index is -0.281. The molecule has 0 aliphatic heterocycles. The van der Waals surface area contributed by atoms with E-state index in [1.807, 2.05) is 0 Å². The minimum absolute atomic E-state index is 0.0943. The van der Waals surface area contributed by atoms with Crippen LogP contribution in [-0.2, 0) is 9.59 Å². The molecular formula is C12H25N3O2. The van der Waals surface area contributed by atoms with E-state index in [9.17, 15) is 9.59 Å². The molecule has 5 heteroatoms. The van der Waals surface area contributed by atoms with Crippen LogP contribution in [0, 0.1) is 0 Å². The Hall–Kier alpha value is -1.10. The number of nitrogens with two attached hydrogens (primary N) is 2. The number of carbonyl (C=O) groups excluding carboxylic acids is 2. The van der Waals surface area contributed by atoms with Crippen LogP contribution in [0.5, 0.6) is 0 Å². The number of hydrogen-bond donors (Lipinski definition) is 3. The van der Waals surface area contributed by atoms with Gasteiger partial charge in [-0.05, 0) is 32.2 Å². The van der Waals surface area contributed by atoms with Crippen molar-refractivity contribution in [2.45, 2.75) is 51.4 Å². The molecule has 0 saturated carbocycles. The lowest BCUT2D eigenvalue weighted by Crippen LogP contribution is -2.24. The van der Waals surface area contributed by atoms with Crippen LogP contribution in [0.2, 0.25) is 0 Å². The Morgan fingerprint density at radius 3 is 2.18 bits per heavy atom. The highest BCUT2D eigenvalue weighted by Gasteiger charge is 2.00. The first-order valence-corrected chi connectivity index (χ1v) is 6.42. The van der Waals surface area contributed by atoms with Gasteiger partial charge in [0, 0.05) is 19.4 Å². The molecule has 0 aromatic rings. The van der Waals surface area contributed by atoms with Crippen LogP contribution in [-0.4, -0.2) is 24.9 Å². The van der Waals surface area contributed by atoms with E-state index < -0.39 is 0 Å². The third-order valence-corrected chi connectivity index (χ3v) is 2.53. The zero-order valence-electron chi connectivity index (χ0n) is 10.5. The molecule has 0 aliphatic rings. The second kappa shape index (κ2) is 11.4. The summed E-state index contributed by atoms with van der Waals surface area (Å²) in [5.74, 6) is -0.187. The van der Waals surface area contributed by atoms with E-state index in [1.54, 1.807) is 0 Å². The highest BCUT2D eigenvalue weighted by Crippen LogP contribution is 2.02. The molecule has 0 spiro atoms. The van der Waals surface area contributed by atoms with Gasteiger partial charge in [-0.25, -0.2) is 0 Å². The van der Waals surface area contributed by atoms with Crippen LogP contribution in [0.1, 0.15) is 51.4 Å². The molecule has 0 radical (unpaired) electrons. The lowest BCUT2D eigenvalue weighted by atomic mass is 10.1. The molecule has 2 amide bonds. The number of hydrogen-bond acceptors (Lipinski definition) is 3. The number of carbonyl (C=O) groups is 2. The molecule has 0 unspecified atom stereocenters. The number of nitrogens with one attached hydrogen (secondary N) is 1. The van der Waals surface area contributed by atoms with E-state index in [2.05, 4.69) is 5.32 Å². The van der Waals surface area contributed by atoms with Gasteiger partial charge < -0.3 is 16.8 Å². The van der Waals surface area contributed by atoms with E-state index in [0.29, 0.717) is 19.4 Å². The number of unbranched alkanes of at least 4 members (excludes halogenated alkanes) is 4. The van der Waals surface area contributed by atoms with Crippen LogP contribution in [0.15, 0.2) is 0 Å². The summed E-state index contributed by atoms with van der Waals surface area (Å²) in [6, 6.07) is 0. The van der Waals surface area contributed by atoms with Gasteiger partial charge in [0.25, 0.3) is 0 Å². The van der Waals surface area contributed by atoms with Crippen molar-refractivity contribution in [2.24, 2.45) is 11.5 Å². The average Bonchev–Trinajstić information content (AvgIpc) is 2.28. The van der Waals surface area contributed by atoms with Gasteiger partial charge in [-0.2, -0.15) is 0 Å². The number of primary amides is 1. The Morgan fingerprint density at radius 2 is 1.53 bits per heavy atom. The molecule has 0 bridgehead atoms. The zero-order valence-corrected chi connectivity index (χ0v) is 10.5. The van der Waals surface area contributed by atoms with E-state index in [0.717, 1.165) is 45.1 Å². The van der Waals surface area contributed by atoms with Gasteiger partial charge in [-0.1, -0.05) is 12.8 Å². The highest BCUT2D eigenvalue weighted by molar-refractivity contribution is 5.75. The zero-order chi connectivity index (χ0) is 12.9. The van der Waals surface area contributed by atoms with Gasteiger partial charge in [-0.3, -0.25) is 9.59 Å². The van der Waals surface area contributed by atoms with Crippen molar-refractivity contribution < 1.29 is 9.59 Å². The van der Waals surface area contributed by atoms with Crippen molar-refractivity contribution in [3.63, 3.8) is 0 Å². The molecule has 5 nitrogen and oxygen atoms in total. The molecule has 5 N–H and O–H groups in total. The fourth-order valence-corrected chi connectivity index (χ4v) is 1.52. The van der Waals surface area contributed by atoms with Crippen LogP contribution < -0.4 is 16.8 Å². The maximum atomic E-state index is 11.3. The molecule has 0 saturated heterocycles. The molecule has 100 valence electrons. The Labute approximate surface area is 103 Å². The van der Waals surface area contributed by atoms with Gasteiger partial charge >= 0.3 is 0 Å². The van der Waals surface area contributed by atoms with Crippen molar-refractivity contribution in [3.05, 3.63) is 0 Å². The summed E-state index contributed by atoms with van der Waals surface area (Å²) in [7, 11) is 0. The van der Waals surface area contributed by atoms with Crippen molar-refractivity contribution in [2.75, 3.05) is 13.1 Å². The first-order chi connectivity index (χ1) is 8.16. The van der Waals surface area contributed by atoms with Crippen molar-refractivity contribution in [3.8, 4) is 0 Å². The maximum absolute atomic E-state index is 11.3. The number of amides is 2. The predicted molar refractivity (Wildman–Crippen MR) is 68.2 cm³/mol. The lowest BCUT2D eigenvalue weighted by Gasteiger charge is -2.04. The van der Waals surface area contributed by atoms with Gasteiger partial charge in [0.1, 0.15) is 0 Å². The third-order valence-electron chi connectivity index (χ3n) is 2.53. The Morgan fingerprint density at radius 1 is 0.882 bits per heavy atom. The quantitative estimate of drug-likeness (QED) is 0.465. The second-order valence-corrected chi connectivity index (χ2v) is 4.23. The van der Waals surface area contributed by atoms with Crippen LogP contribution in [0.3, 0.4) is 0 Å². The van der Waals surface area contributed by atoms with E-state index in [1.165, 1.54) is 0 Å². The Bertz CT molecular complexity index is 220. The maximum Gasteiger partial charge on any atom is 0.219 e. The van der Waals surface area contributed by atoms with Crippen molar-refractivity contribution in [1.82, 2.24) is 5.32 Å². The molecule has 0 aromatic carbocycles. The largest absolute Gasteiger partial charge is 0.370 e. The molecule has 0 fully saturated rings. The molecule has 0 heterocycles. The summed E-state index contributed by atoms with van der Waals surface area (Å²) < 4.78 is 0. The minimum Gasteiger partial charge on any atom is -0.370 e. The summed E-state index contributed by atoms with van der Waals surface area (Å²) >= 11 is 0. The standard InChI is InChI=1S/C12H25N3O2/c13-9-5-2-1-3-8-12(17)15-10-6-4-7-11(14)16/h1-10,13H2,(H2,14,16)(H,15,17). The summed E-state index contributed by atoms with van der Waals surface area (Å²) in [5, 5.41) is 2.83. The SMILES string of the molecule is NCCCCCCC(=O)NCCCCC(N)=O. The van der Waals surface area contributed by atoms with E-state index in [4.69, 9.17) is 11.5 Å². The van der Waals surface area contributed by atoms with E-state index >= 15 is 0 Å². The average molecular weight is 243 g/mol. The topological polar surface area (TPSA) is 98.2 Å². The van der Waals surface area contributed by atoms with Gasteiger partial charge in [0.05, 0.1) is 0 Å². The Kier molecular flexibility index (Phi) is 10.7. The fraction of sp³-hybridized carbons (Fsp3) is 0.833. The van der Waals surface area contributed by atoms with Crippen LogP contribution >= 0.6 is 0 Å². The summed E-state index contributed by atoms with van der Waals surface area (Å²) in [6.45, 7) is 1.36. The Balaban J connectivity index is 3.20. The molecule has 0 atom stereocenters. The molecule has 0 aliphatic carbocycles. The first kappa shape index (κ1) is 15.9. The van der Waals surface area contributed by atoms with Crippen molar-refractivity contribution >= 4 is 11.8 Å². The van der Waals surface area contributed by atoms with Gasteiger partial charge in [0.15, 0.2) is 0 Å². The van der Waals surface area contributed by atoms with E-state index in [-0.39, 0.29) is 11.8 Å². The normalized spacial score (nSPS) is 10.2. The summed E-state index contributed by atoms with van der Waals surface area (Å²) in [5.41, 5.74) is 10.4. The second-order valence-electron chi connectivity index (χ2n) is 4.23. The summed E-state index contributed by atoms with van der Waals surface area (Å²) in [4.78, 5) is 21.8. The fourth-order valence-electron chi connectivity index (χ4n) is 1.52. The van der Waals surface area contributed by atoms with Crippen LogP contribution in [0.25, 0.3) is 0 Å². The van der Waals surface area contributed by atoms with Crippen molar-refractivity contribution in [1.29, 1.82) is 0 Å². The molecule has 17 heavy (non-hydrogen) atoms. The highest BCUT2D eigenvalue weighted by atomic mass is 16.1. The van der Waals surface area contributed by atoms with Gasteiger partial charge in [-0.15, -0.1) is 0 Å². The third kappa shape index (κ3) is 12.8. The van der Waals surface area contributed by atoms with Gasteiger partial charge in [0.2, 0.25) is 11.8 Å². The molecular weight excluding hydrogens is 218 g/mol. The van der Waals surface area contributed by atoms with Crippen LogP contribution in [0.4, 0.5) is 0 Å². The monoisotopic (exact) mass is 243 g/mol. The number of rotatable bonds is 11. The molecule has 0 aromatic heterocycles. The molecule has 0 rings (SSSR count). The lowest BCUT2D eigenvalue weighted by molar-refractivity contribution is -0.121. The predicted octanol–water partition coefficient (Wildman–Crippen LogP) is 0.667. The summed E-state index contributed by atoms with van der Waals surface area (Å²) in [6.07, 6.45) is 6.65.